The number of rotatable bonds is 12. The first-order valence-electron chi connectivity index (χ1n) is 12.6. The molecular formula is C25H33F3N4O5S2. The van der Waals surface area contributed by atoms with Gasteiger partial charge in [-0.3, -0.25) is 9.78 Å². The fraction of sp³-hybridized carbons (Fsp3) is 0.520. The van der Waals surface area contributed by atoms with Crippen molar-refractivity contribution in [2.75, 3.05) is 39.3 Å². The van der Waals surface area contributed by atoms with Crippen LogP contribution >= 0.6 is 0 Å². The molecule has 1 aliphatic heterocycles. The second-order valence-electron chi connectivity index (χ2n) is 9.39. The van der Waals surface area contributed by atoms with Gasteiger partial charge in [0.2, 0.25) is 15.9 Å². The molecule has 1 atom stereocenters. The molecule has 0 spiro atoms. The van der Waals surface area contributed by atoms with Crippen LogP contribution in [0.3, 0.4) is 0 Å². The van der Waals surface area contributed by atoms with Crippen molar-refractivity contribution in [1.82, 2.24) is 19.1 Å². The Balaban J connectivity index is 1.45. The minimum atomic E-state index is -5.37. The number of aromatic nitrogens is 1. The molecule has 0 aliphatic carbocycles. The van der Waals surface area contributed by atoms with Crippen LogP contribution in [0.1, 0.15) is 32.3 Å². The van der Waals surface area contributed by atoms with Crippen LogP contribution in [-0.4, -0.2) is 92.7 Å². The highest BCUT2D eigenvalue weighted by Gasteiger charge is 2.46. The summed E-state index contributed by atoms with van der Waals surface area (Å²) >= 11 is 0. The number of sulfone groups is 1. The fourth-order valence-electron chi connectivity index (χ4n) is 4.49. The van der Waals surface area contributed by atoms with Crippen LogP contribution in [0.4, 0.5) is 13.2 Å². The lowest BCUT2D eigenvalue weighted by Gasteiger charge is -2.34. The van der Waals surface area contributed by atoms with E-state index in [0.717, 1.165) is 43.6 Å². The second kappa shape index (κ2) is 12.7. The Labute approximate surface area is 227 Å². The number of likely N-dealkylation sites (N-methyl/N-ethyl adjacent to an activating group) is 1. The van der Waals surface area contributed by atoms with E-state index in [1.54, 1.807) is 4.90 Å². The van der Waals surface area contributed by atoms with E-state index in [2.05, 4.69) is 9.88 Å². The Morgan fingerprint density at radius 2 is 1.72 bits per heavy atom. The molecule has 1 aromatic heterocycles. The number of piperazine rings is 1. The third-order valence-electron chi connectivity index (χ3n) is 6.78. The summed E-state index contributed by atoms with van der Waals surface area (Å²) in [6.07, 6.45) is 4.80. The lowest BCUT2D eigenvalue weighted by atomic mass is 10.1. The highest BCUT2D eigenvalue weighted by molar-refractivity contribution is 7.92. The van der Waals surface area contributed by atoms with Crippen LogP contribution in [-0.2, 0) is 31.1 Å². The van der Waals surface area contributed by atoms with Gasteiger partial charge in [0.15, 0.2) is 0 Å². The summed E-state index contributed by atoms with van der Waals surface area (Å²) in [4.78, 5) is 19.6. The van der Waals surface area contributed by atoms with Gasteiger partial charge in [0, 0.05) is 38.1 Å². The molecule has 1 amide bonds. The van der Waals surface area contributed by atoms with E-state index in [9.17, 15) is 34.8 Å². The number of hydrogen-bond donors (Lipinski definition) is 0. The molecule has 0 saturated carbocycles. The molecule has 14 heteroatoms. The van der Waals surface area contributed by atoms with Gasteiger partial charge in [-0.15, -0.1) is 0 Å². The zero-order valence-corrected chi connectivity index (χ0v) is 23.5. The molecule has 2 heterocycles. The molecule has 1 saturated heterocycles. The van der Waals surface area contributed by atoms with Gasteiger partial charge >= 0.3 is 5.51 Å². The number of amides is 1. The topological polar surface area (TPSA) is 108 Å². The number of carbonyl (C=O) groups is 1. The van der Waals surface area contributed by atoms with Crippen molar-refractivity contribution < 1.29 is 34.8 Å². The molecule has 2 aromatic rings. The highest BCUT2D eigenvalue weighted by atomic mass is 32.2. The van der Waals surface area contributed by atoms with E-state index in [1.165, 1.54) is 41.0 Å². The number of carbonyl (C=O) groups excluding carboxylic acids is 1. The molecule has 0 bridgehead atoms. The third-order valence-corrected chi connectivity index (χ3v) is 10.1. The SMILES string of the molecule is CCN(CCCCN1CCN(S(=O)(=O)c2cccnc2)CC1=O)C(C)Cc1ccc(S(=O)(=O)C(F)(F)F)cc1. The molecule has 39 heavy (non-hydrogen) atoms. The summed E-state index contributed by atoms with van der Waals surface area (Å²) in [7, 11) is -9.14. The number of nitrogens with zero attached hydrogens (tertiary/aromatic N) is 4. The van der Waals surface area contributed by atoms with Crippen LogP contribution in [0.5, 0.6) is 0 Å². The maximum Gasteiger partial charge on any atom is 0.501 e. The molecule has 1 fully saturated rings. The number of halogens is 3. The number of alkyl halides is 3. The molecule has 1 unspecified atom stereocenters. The van der Waals surface area contributed by atoms with Crippen LogP contribution in [0.25, 0.3) is 0 Å². The summed E-state index contributed by atoms with van der Waals surface area (Å²) in [6, 6.07) is 7.83. The average molecular weight is 591 g/mol. The van der Waals surface area contributed by atoms with E-state index in [1.807, 2.05) is 13.8 Å². The van der Waals surface area contributed by atoms with Crippen LogP contribution in [0.15, 0.2) is 58.6 Å². The monoisotopic (exact) mass is 590 g/mol. The maximum absolute atomic E-state index is 12.8. The van der Waals surface area contributed by atoms with Gasteiger partial charge in [-0.2, -0.15) is 17.5 Å². The quantitative estimate of drug-likeness (QED) is 0.350. The summed E-state index contributed by atoms with van der Waals surface area (Å²) < 4.78 is 88.0. The second-order valence-corrected chi connectivity index (χ2v) is 13.3. The van der Waals surface area contributed by atoms with Crippen LogP contribution in [0, 0.1) is 0 Å². The Hall–Kier alpha value is -2.55. The van der Waals surface area contributed by atoms with Crippen molar-refractivity contribution in [1.29, 1.82) is 0 Å². The first-order valence-corrected chi connectivity index (χ1v) is 15.5. The smallest absolute Gasteiger partial charge is 0.340 e. The zero-order valence-electron chi connectivity index (χ0n) is 21.8. The Morgan fingerprint density at radius 1 is 1.03 bits per heavy atom. The van der Waals surface area contributed by atoms with Gasteiger partial charge in [0.25, 0.3) is 9.84 Å². The average Bonchev–Trinajstić information content (AvgIpc) is 2.89. The van der Waals surface area contributed by atoms with E-state index in [0.29, 0.717) is 19.5 Å². The first-order chi connectivity index (χ1) is 18.3. The standard InChI is InChI=1S/C25H33F3N4O5S2/c1-3-30(20(2)17-21-8-10-22(11-9-21)38(34,35)25(26,27)28)13-4-5-14-31-15-16-32(19-24(31)33)39(36,37)23-7-6-12-29-18-23/h6-12,18,20H,3-5,13-17,19H2,1-2H3. The van der Waals surface area contributed by atoms with Crippen molar-refractivity contribution in [3.05, 3.63) is 54.4 Å². The maximum atomic E-state index is 12.8. The Kier molecular flexibility index (Phi) is 10.1. The van der Waals surface area contributed by atoms with Gasteiger partial charge in [0.05, 0.1) is 11.4 Å². The summed E-state index contributed by atoms with van der Waals surface area (Å²) in [5, 5.41) is 0. The molecule has 0 radical (unpaired) electrons. The minimum Gasteiger partial charge on any atom is -0.340 e. The number of sulfonamides is 1. The first kappa shape index (κ1) is 31.0. The van der Waals surface area contributed by atoms with E-state index < -0.39 is 30.3 Å². The predicted octanol–water partition coefficient (Wildman–Crippen LogP) is 2.94. The Bertz CT molecular complexity index is 1320. The van der Waals surface area contributed by atoms with Gasteiger partial charge in [0.1, 0.15) is 4.90 Å². The molecule has 216 valence electrons. The van der Waals surface area contributed by atoms with Gasteiger partial charge in [-0.05, 0) is 69.1 Å². The molecule has 0 N–H and O–H groups in total. The third kappa shape index (κ3) is 7.56. The zero-order chi connectivity index (χ0) is 28.8. The lowest BCUT2D eigenvalue weighted by Crippen LogP contribution is -2.52. The van der Waals surface area contributed by atoms with Gasteiger partial charge in [-0.25, -0.2) is 16.8 Å². The number of pyridine rings is 1. The van der Waals surface area contributed by atoms with E-state index in [4.69, 9.17) is 0 Å². The molecule has 3 rings (SSSR count). The molecular weight excluding hydrogens is 557 g/mol. The number of hydrogen-bond acceptors (Lipinski definition) is 7. The lowest BCUT2D eigenvalue weighted by molar-refractivity contribution is -0.134. The van der Waals surface area contributed by atoms with E-state index >= 15 is 0 Å². The summed E-state index contributed by atoms with van der Waals surface area (Å²) in [5.74, 6) is -0.245. The fourth-order valence-corrected chi connectivity index (χ4v) is 6.60. The van der Waals surface area contributed by atoms with Gasteiger partial charge in [-0.1, -0.05) is 19.1 Å². The van der Waals surface area contributed by atoms with Gasteiger partial charge < -0.3 is 9.80 Å². The summed E-state index contributed by atoms with van der Waals surface area (Å²) in [5.41, 5.74) is -4.61. The summed E-state index contributed by atoms with van der Waals surface area (Å²) in [6.45, 7) is 6.30. The van der Waals surface area contributed by atoms with Crippen LogP contribution in [0.2, 0.25) is 0 Å². The largest absolute Gasteiger partial charge is 0.501 e. The minimum absolute atomic E-state index is 0.0577. The molecule has 1 aromatic carbocycles. The Morgan fingerprint density at radius 3 is 2.28 bits per heavy atom. The van der Waals surface area contributed by atoms with Crippen LogP contribution < -0.4 is 0 Å². The number of unbranched alkanes of at least 4 members (excludes halogenated alkanes) is 1. The predicted molar refractivity (Wildman–Crippen MR) is 139 cm³/mol. The van der Waals surface area contributed by atoms with E-state index in [-0.39, 0.29) is 29.9 Å². The molecule has 9 nitrogen and oxygen atoms in total. The van der Waals surface area contributed by atoms with Crippen molar-refractivity contribution >= 4 is 25.8 Å². The van der Waals surface area contributed by atoms with Crippen molar-refractivity contribution in [2.45, 2.75) is 54.5 Å². The van der Waals surface area contributed by atoms with Crippen molar-refractivity contribution in [3.8, 4) is 0 Å². The highest BCUT2D eigenvalue weighted by Crippen LogP contribution is 2.30. The molecule has 1 aliphatic rings. The van der Waals surface area contributed by atoms with Crippen molar-refractivity contribution in [2.24, 2.45) is 0 Å². The number of benzene rings is 1. The normalized spacial score (nSPS) is 16.6. The van der Waals surface area contributed by atoms with Crippen molar-refractivity contribution in [3.63, 3.8) is 0 Å².